The van der Waals surface area contributed by atoms with Crippen molar-refractivity contribution in [3.8, 4) is 0 Å². The number of imidazole rings is 1. The molecule has 96 valence electrons. The van der Waals surface area contributed by atoms with E-state index in [-0.39, 0.29) is 0 Å². The van der Waals surface area contributed by atoms with Crippen LogP contribution < -0.4 is 0 Å². The SMILES string of the molecule is CC(C)Cn1c(Cn2ccnc2)ccc1C(=O)O. The van der Waals surface area contributed by atoms with Crippen LogP contribution in [0, 0.1) is 5.92 Å². The van der Waals surface area contributed by atoms with Gasteiger partial charge in [-0.05, 0) is 18.1 Å². The summed E-state index contributed by atoms with van der Waals surface area (Å²) in [5.41, 5.74) is 1.33. The molecular weight excluding hydrogens is 230 g/mol. The molecule has 0 aliphatic heterocycles. The first-order valence-corrected chi connectivity index (χ1v) is 5.95. The molecule has 0 bridgehead atoms. The standard InChI is InChI=1S/C13H17N3O2/c1-10(2)7-16-11(3-4-12(16)13(17)18)8-15-6-5-14-9-15/h3-6,9-10H,7-8H2,1-2H3,(H,17,18). The highest BCUT2D eigenvalue weighted by molar-refractivity contribution is 5.86. The molecular formula is C13H17N3O2. The molecule has 5 nitrogen and oxygen atoms in total. The summed E-state index contributed by atoms with van der Waals surface area (Å²) < 4.78 is 3.80. The molecule has 18 heavy (non-hydrogen) atoms. The summed E-state index contributed by atoms with van der Waals surface area (Å²) in [7, 11) is 0. The van der Waals surface area contributed by atoms with E-state index in [1.807, 2.05) is 21.4 Å². The molecule has 0 amide bonds. The zero-order valence-electron chi connectivity index (χ0n) is 10.6. The van der Waals surface area contributed by atoms with Gasteiger partial charge in [-0.2, -0.15) is 0 Å². The third-order valence-electron chi connectivity index (χ3n) is 2.74. The zero-order chi connectivity index (χ0) is 13.1. The quantitative estimate of drug-likeness (QED) is 0.880. The second kappa shape index (κ2) is 5.08. The lowest BCUT2D eigenvalue weighted by molar-refractivity contribution is 0.0684. The fourth-order valence-electron chi connectivity index (χ4n) is 1.98. The highest BCUT2D eigenvalue weighted by Gasteiger charge is 2.14. The fraction of sp³-hybridized carbons (Fsp3) is 0.385. The Hall–Kier alpha value is -2.04. The summed E-state index contributed by atoms with van der Waals surface area (Å²) in [6.07, 6.45) is 5.31. The summed E-state index contributed by atoms with van der Waals surface area (Å²) in [5, 5.41) is 9.18. The maximum absolute atomic E-state index is 11.2. The Labute approximate surface area is 106 Å². The predicted octanol–water partition coefficient (Wildman–Crippen LogP) is 2.09. The number of carbonyl (C=O) groups is 1. The number of rotatable bonds is 5. The van der Waals surface area contributed by atoms with Crippen LogP contribution in [0.4, 0.5) is 0 Å². The van der Waals surface area contributed by atoms with Crippen molar-refractivity contribution in [3.63, 3.8) is 0 Å². The summed E-state index contributed by atoms with van der Waals surface area (Å²) in [6.45, 7) is 5.50. The number of carboxylic acid groups (broad SMARTS) is 1. The molecule has 2 aromatic rings. The van der Waals surface area contributed by atoms with Gasteiger partial charge >= 0.3 is 5.97 Å². The number of hydrogen-bond acceptors (Lipinski definition) is 2. The number of aromatic nitrogens is 3. The van der Waals surface area contributed by atoms with Crippen molar-refractivity contribution in [2.24, 2.45) is 5.92 Å². The van der Waals surface area contributed by atoms with Crippen LogP contribution in [0.25, 0.3) is 0 Å². The summed E-state index contributed by atoms with van der Waals surface area (Å²) in [5.74, 6) is -0.482. The molecule has 0 saturated heterocycles. The first-order valence-electron chi connectivity index (χ1n) is 5.95. The maximum atomic E-state index is 11.2. The van der Waals surface area contributed by atoms with Gasteiger partial charge in [-0.3, -0.25) is 0 Å². The van der Waals surface area contributed by atoms with E-state index >= 15 is 0 Å². The predicted molar refractivity (Wildman–Crippen MR) is 67.6 cm³/mol. The molecule has 1 N–H and O–H groups in total. The lowest BCUT2D eigenvalue weighted by Gasteiger charge is -2.14. The van der Waals surface area contributed by atoms with Gasteiger partial charge in [0.2, 0.25) is 0 Å². The van der Waals surface area contributed by atoms with Crippen LogP contribution >= 0.6 is 0 Å². The second-order valence-electron chi connectivity index (χ2n) is 4.75. The van der Waals surface area contributed by atoms with Gasteiger partial charge in [0, 0.05) is 24.6 Å². The first kappa shape index (κ1) is 12.4. The Morgan fingerprint density at radius 2 is 2.22 bits per heavy atom. The van der Waals surface area contributed by atoms with Gasteiger partial charge in [0.25, 0.3) is 0 Å². The molecule has 0 atom stereocenters. The Balaban J connectivity index is 2.31. The van der Waals surface area contributed by atoms with E-state index in [2.05, 4.69) is 18.8 Å². The third kappa shape index (κ3) is 2.61. The molecule has 2 rings (SSSR count). The van der Waals surface area contributed by atoms with Crippen LogP contribution in [-0.4, -0.2) is 25.2 Å². The van der Waals surface area contributed by atoms with Crippen LogP contribution in [0.5, 0.6) is 0 Å². The van der Waals surface area contributed by atoms with Crippen molar-refractivity contribution < 1.29 is 9.90 Å². The third-order valence-corrected chi connectivity index (χ3v) is 2.74. The van der Waals surface area contributed by atoms with Gasteiger partial charge in [-0.1, -0.05) is 13.8 Å². The van der Waals surface area contributed by atoms with Gasteiger partial charge in [0.05, 0.1) is 12.9 Å². The van der Waals surface area contributed by atoms with Gasteiger partial charge in [0.1, 0.15) is 5.69 Å². The lowest BCUT2D eigenvalue weighted by atomic mass is 10.2. The van der Waals surface area contributed by atoms with Crippen molar-refractivity contribution in [1.29, 1.82) is 0 Å². The van der Waals surface area contributed by atoms with Crippen molar-refractivity contribution in [2.75, 3.05) is 0 Å². The zero-order valence-corrected chi connectivity index (χ0v) is 10.6. The molecule has 0 fully saturated rings. The summed E-state index contributed by atoms with van der Waals surface area (Å²) in [6, 6.07) is 3.53. The topological polar surface area (TPSA) is 60.0 Å². The van der Waals surface area contributed by atoms with Gasteiger partial charge in [-0.15, -0.1) is 0 Å². The van der Waals surface area contributed by atoms with Crippen LogP contribution in [0.2, 0.25) is 0 Å². The molecule has 0 unspecified atom stereocenters. The first-order chi connectivity index (χ1) is 8.58. The number of aromatic carboxylic acids is 1. The van der Waals surface area contributed by atoms with Crippen LogP contribution in [0.15, 0.2) is 30.9 Å². The number of nitrogens with zero attached hydrogens (tertiary/aromatic N) is 3. The second-order valence-corrected chi connectivity index (χ2v) is 4.75. The van der Waals surface area contributed by atoms with Crippen LogP contribution in [-0.2, 0) is 13.1 Å². The number of hydrogen-bond donors (Lipinski definition) is 1. The van der Waals surface area contributed by atoms with E-state index in [0.717, 1.165) is 5.69 Å². The van der Waals surface area contributed by atoms with Crippen molar-refractivity contribution in [2.45, 2.75) is 26.9 Å². The Morgan fingerprint density at radius 1 is 1.44 bits per heavy atom. The van der Waals surface area contributed by atoms with Gasteiger partial charge in [-0.25, -0.2) is 9.78 Å². The monoisotopic (exact) mass is 247 g/mol. The van der Waals surface area contributed by atoms with E-state index in [4.69, 9.17) is 0 Å². The van der Waals surface area contributed by atoms with Gasteiger partial charge in [0.15, 0.2) is 0 Å². The van der Waals surface area contributed by atoms with E-state index < -0.39 is 5.97 Å². The van der Waals surface area contributed by atoms with E-state index in [1.165, 1.54) is 0 Å². The molecule has 0 aliphatic carbocycles. The number of carboxylic acids is 1. The molecule has 2 aromatic heterocycles. The minimum absolute atomic E-state index is 0.346. The molecule has 5 heteroatoms. The lowest BCUT2D eigenvalue weighted by Crippen LogP contribution is -2.15. The smallest absolute Gasteiger partial charge is 0.352 e. The fourth-order valence-corrected chi connectivity index (χ4v) is 1.98. The molecule has 0 aliphatic rings. The summed E-state index contributed by atoms with van der Waals surface area (Å²) >= 11 is 0. The summed E-state index contributed by atoms with van der Waals surface area (Å²) in [4.78, 5) is 15.2. The molecule has 0 radical (unpaired) electrons. The van der Waals surface area contributed by atoms with Crippen molar-refractivity contribution >= 4 is 5.97 Å². The Bertz CT molecular complexity index is 526. The van der Waals surface area contributed by atoms with Crippen molar-refractivity contribution in [3.05, 3.63) is 42.2 Å². The average molecular weight is 247 g/mol. The average Bonchev–Trinajstić information content (AvgIpc) is 2.89. The van der Waals surface area contributed by atoms with E-state index in [9.17, 15) is 9.90 Å². The molecule has 0 aromatic carbocycles. The highest BCUT2D eigenvalue weighted by atomic mass is 16.4. The minimum Gasteiger partial charge on any atom is -0.477 e. The molecule has 0 saturated carbocycles. The largest absolute Gasteiger partial charge is 0.477 e. The normalized spacial score (nSPS) is 11.1. The molecule has 0 spiro atoms. The van der Waals surface area contributed by atoms with Crippen LogP contribution in [0.1, 0.15) is 30.0 Å². The van der Waals surface area contributed by atoms with Crippen molar-refractivity contribution in [1.82, 2.24) is 14.1 Å². The Kier molecular flexibility index (Phi) is 3.50. The van der Waals surface area contributed by atoms with E-state index in [1.54, 1.807) is 18.6 Å². The maximum Gasteiger partial charge on any atom is 0.352 e. The highest BCUT2D eigenvalue weighted by Crippen LogP contribution is 2.14. The van der Waals surface area contributed by atoms with Gasteiger partial charge < -0.3 is 14.2 Å². The Morgan fingerprint density at radius 3 is 2.78 bits per heavy atom. The molecule has 2 heterocycles. The van der Waals surface area contributed by atoms with Crippen LogP contribution in [0.3, 0.4) is 0 Å². The van der Waals surface area contributed by atoms with E-state index in [0.29, 0.717) is 24.7 Å². The minimum atomic E-state index is -0.882.